The molecule has 1 heterocycles. The van der Waals surface area contributed by atoms with Crippen LogP contribution in [-0.4, -0.2) is 39.4 Å². The predicted molar refractivity (Wildman–Crippen MR) is 99.0 cm³/mol. The van der Waals surface area contributed by atoms with Gasteiger partial charge < -0.3 is 15.8 Å². The lowest BCUT2D eigenvalue weighted by atomic mass is 10.2. The van der Waals surface area contributed by atoms with Crippen molar-refractivity contribution in [2.24, 2.45) is 5.73 Å². The van der Waals surface area contributed by atoms with E-state index in [2.05, 4.69) is 5.32 Å². The van der Waals surface area contributed by atoms with Gasteiger partial charge in [-0.1, -0.05) is 0 Å². The Balaban J connectivity index is 2.16. The smallest absolute Gasteiger partial charge is 0.341 e. The zero-order valence-corrected chi connectivity index (χ0v) is 16.3. The van der Waals surface area contributed by atoms with Crippen molar-refractivity contribution in [3.63, 3.8) is 0 Å². The first kappa shape index (κ1) is 21.5. The number of primary amides is 1. The lowest BCUT2D eigenvalue weighted by Gasteiger charge is -2.14. The zero-order chi connectivity index (χ0) is 21.1. The van der Waals surface area contributed by atoms with Crippen molar-refractivity contribution in [3.8, 4) is 0 Å². The standard InChI is InChI=1S/C16H16FN3O6S2/c1-8(14(22)20-15-10(13(18)21)5-6-27-15)26-16(23)11-7-9(3-4-12(11)17)28(24,25)19-2/h3-8,19H,1-2H3,(H2,18,21)(H,20,22)/t8-/m0/s1. The number of rotatable bonds is 7. The van der Waals surface area contributed by atoms with Crippen molar-refractivity contribution in [2.75, 3.05) is 12.4 Å². The van der Waals surface area contributed by atoms with Crippen LogP contribution in [-0.2, 0) is 19.6 Å². The number of thiophene rings is 1. The number of ether oxygens (including phenoxy) is 1. The lowest BCUT2D eigenvalue weighted by molar-refractivity contribution is -0.123. The van der Waals surface area contributed by atoms with Crippen LogP contribution >= 0.6 is 11.3 Å². The summed E-state index contributed by atoms with van der Waals surface area (Å²) in [5, 5.41) is 4.10. The molecule has 0 aliphatic rings. The van der Waals surface area contributed by atoms with Crippen molar-refractivity contribution in [1.82, 2.24) is 4.72 Å². The summed E-state index contributed by atoms with van der Waals surface area (Å²) in [5.74, 6) is -3.76. The van der Waals surface area contributed by atoms with E-state index in [0.29, 0.717) is 0 Å². The molecule has 0 aliphatic carbocycles. The second-order valence-corrected chi connectivity index (χ2v) is 8.22. The van der Waals surface area contributed by atoms with Gasteiger partial charge in [0.25, 0.3) is 11.8 Å². The summed E-state index contributed by atoms with van der Waals surface area (Å²) in [6.07, 6.45) is -1.36. The van der Waals surface area contributed by atoms with Crippen molar-refractivity contribution in [3.05, 3.63) is 46.6 Å². The van der Waals surface area contributed by atoms with Crippen LogP contribution in [0.3, 0.4) is 0 Å². The summed E-state index contributed by atoms with van der Waals surface area (Å²) in [5.41, 5.74) is 4.62. The van der Waals surface area contributed by atoms with Gasteiger partial charge in [0.15, 0.2) is 6.10 Å². The molecule has 1 aromatic heterocycles. The first-order chi connectivity index (χ1) is 13.1. The minimum Gasteiger partial charge on any atom is -0.449 e. The van der Waals surface area contributed by atoms with E-state index in [-0.39, 0.29) is 15.5 Å². The summed E-state index contributed by atoms with van der Waals surface area (Å²) in [7, 11) is -2.75. The van der Waals surface area contributed by atoms with Crippen LogP contribution in [0, 0.1) is 5.82 Å². The van der Waals surface area contributed by atoms with E-state index < -0.39 is 45.3 Å². The number of carbonyl (C=O) groups is 3. The number of hydrogen-bond donors (Lipinski definition) is 3. The number of hydrogen-bond acceptors (Lipinski definition) is 7. The maximum absolute atomic E-state index is 13.9. The van der Waals surface area contributed by atoms with Crippen molar-refractivity contribution >= 4 is 44.1 Å². The highest BCUT2D eigenvalue weighted by Gasteiger charge is 2.24. The third-order valence-corrected chi connectivity index (χ3v) is 5.80. The van der Waals surface area contributed by atoms with E-state index in [1.165, 1.54) is 18.4 Å². The summed E-state index contributed by atoms with van der Waals surface area (Å²) >= 11 is 1.04. The number of esters is 1. The highest BCUT2D eigenvalue weighted by atomic mass is 32.2. The molecular weight excluding hydrogens is 413 g/mol. The van der Waals surface area contributed by atoms with E-state index >= 15 is 0 Å². The molecular formula is C16H16FN3O6S2. The van der Waals surface area contributed by atoms with Gasteiger partial charge in [-0.2, -0.15) is 0 Å². The van der Waals surface area contributed by atoms with Gasteiger partial charge >= 0.3 is 5.97 Å². The van der Waals surface area contributed by atoms with E-state index in [0.717, 1.165) is 36.6 Å². The first-order valence-electron chi connectivity index (χ1n) is 7.69. The number of benzene rings is 1. The largest absolute Gasteiger partial charge is 0.449 e. The van der Waals surface area contributed by atoms with E-state index in [9.17, 15) is 27.2 Å². The van der Waals surface area contributed by atoms with Crippen LogP contribution in [0.5, 0.6) is 0 Å². The molecule has 1 atom stereocenters. The maximum atomic E-state index is 13.9. The quantitative estimate of drug-likeness (QED) is 0.562. The molecule has 28 heavy (non-hydrogen) atoms. The first-order valence-corrected chi connectivity index (χ1v) is 10.1. The number of nitrogens with one attached hydrogen (secondary N) is 2. The van der Waals surface area contributed by atoms with Gasteiger partial charge in [-0.25, -0.2) is 22.3 Å². The monoisotopic (exact) mass is 429 g/mol. The molecule has 0 spiro atoms. The fourth-order valence-electron chi connectivity index (χ4n) is 2.04. The van der Waals surface area contributed by atoms with Crippen molar-refractivity contribution in [2.45, 2.75) is 17.9 Å². The second kappa shape index (κ2) is 8.46. The predicted octanol–water partition coefficient (Wildman–Crippen LogP) is 1.08. The third kappa shape index (κ3) is 4.71. The molecule has 0 radical (unpaired) electrons. The van der Waals surface area contributed by atoms with Crippen LogP contribution < -0.4 is 15.8 Å². The Bertz CT molecular complexity index is 1030. The third-order valence-electron chi connectivity index (χ3n) is 3.56. The lowest BCUT2D eigenvalue weighted by Crippen LogP contribution is -2.30. The number of nitrogens with two attached hydrogens (primary N) is 1. The fraction of sp³-hybridized carbons (Fsp3) is 0.188. The molecule has 2 rings (SSSR count). The molecule has 0 bridgehead atoms. The number of sulfonamides is 1. The SMILES string of the molecule is CNS(=O)(=O)c1ccc(F)c(C(=O)O[C@@H](C)C(=O)Nc2sccc2C(N)=O)c1. The second-order valence-electron chi connectivity index (χ2n) is 5.41. The van der Waals surface area contributed by atoms with Crippen LogP contribution in [0.2, 0.25) is 0 Å². The average molecular weight is 429 g/mol. The molecule has 0 saturated carbocycles. The summed E-state index contributed by atoms with van der Waals surface area (Å²) in [4.78, 5) is 35.3. The Kier molecular flexibility index (Phi) is 6.48. The number of carbonyl (C=O) groups excluding carboxylic acids is 3. The van der Waals surface area contributed by atoms with Crippen LogP contribution in [0.4, 0.5) is 9.39 Å². The minimum absolute atomic E-state index is 0.0906. The normalized spacial score (nSPS) is 12.2. The summed E-state index contributed by atoms with van der Waals surface area (Å²) in [6, 6.07) is 4.01. The maximum Gasteiger partial charge on any atom is 0.341 e. The van der Waals surface area contributed by atoms with E-state index in [1.54, 1.807) is 0 Å². The highest BCUT2D eigenvalue weighted by Crippen LogP contribution is 2.23. The minimum atomic E-state index is -3.91. The Hall–Kier alpha value is -2.83. The average Bonchev–Trinajstić information content (AvgIpc) is 3.10. The Morgan fingerprint density at radius 1 is 1.21 bits per heavy atom. The van der Waals surface area contributed by atoms with Crippen molar-refractivity contribution in [1.29, 1.82) is 0 Å². The molecule has 2 amide bonds. The van der Waals surface area contributed by atoms with Gasteiger partial charge in [0.1, 0.15) is 10.8 Å². The van der Waals surface area contributed by atoms with Gasteiger partial charge in [0.05, 0.1) is 16.0 Å². The topological polar surface area (TPSA) is 145 Å². The molecule has 0 unspecified atom stereocenters. The molecule has 12 heteroatoms. The van der Waals surface area contributed by atoms with Gasteiger partial charge in [0.2, 0.25) is 10.0 Å². The van der Waals surface area contributed by atoms with Gasteiger partial charge in [-0.05, 0) is 43.6 Å². The fourth-order valence-corrected chi connectivity index (χ4v) is 3.59. The van der Waals surface area contributed by atoms with E-state index in [1.807, 2.05) is 4.72 Å². The van der Waals surface area contributed by atoms with Gasteiger partial charge in [-0.15, -0.1) is 11.3 Å². The molecule has 4 N–H and O–H groups in total. The van der Waals surface area contributed by atoms with Gasteiger partial charge in [-0.3, -0.25) is 9.59 Å². The van der Waals surface area contributed by atoms with Crippen LogP contribution in [0.1, 0.15) is 27.6 Å². The summed E-state index contributed by atoms with van der Waals surface area (Å²) in [6.45, 7) is 1.23. The molecule has 2 aromatic rings. The van der Waals surface area contributed by atoms with Crippen LogP contribution in [0.15, 0.2) is 34.5 Å². The zero-order valence-electron chi connectivity index (χ0n) is 14.7. The van der Waals surface area contributed by atoms with Crippen molar-refractivity contribution < 1.29 is 31.9 Å². The number of halogens is 1. The number of anilines is 1. The molecule has 0 saturated heterocycles. The Morgan fingerprint density at radius 3 is 2.50 bits per heavy atom. The highest BCUT2D eigenvalue weighted by molar-refractivity contribution is 7.89. The summed E-state index contributed by atoms with van der Waals surface area (Å²) < 4.78 is 44.5. The van der Waals surface area contributed by atoms with Crippen LogP contribution in [0.25, 0.3) is 0 Å². The Morgan fingerprint density at radius 2 is 1.89 bits per heavy atom. The Labute approximate surface area is 163 Å². The molecule has 150 valence electrons. The van der Waals surface area contributed by atoms with E-state index in [4.69, 9.17) is 10.5 Å². The number of amides is 2. The molecule has 1 aromatic carbocycles. The van der Waals surface area contributed by atoms with Gasteiger partial charge in [0, 0.05) is 0 Å². The molecule has 0 fully saturated rings. The molecule has 0 aliphatic heterocycles. The molecule has 9 nitrogen and oxygen atoms in total.